The predicted octanol–water partition coefficient (Wildman–Crippen LogP) is 0.968. The third-order valence-corrected chi connectivity index (χ3v) is 4.83. The summed E-state index contributed by atoms with van der Waals surface area (Å²) in [6.07, 6.45) is 3.37. The maximum atomic E-state index is 12.4. The molecule has 1 aliphatic heterocycles. The fourth-order valence-corrected chi connectivity index (χ4v) is 3.30. The molecule has 0 amide bonds. The van der Waals surface area contributed by atoms with Crippen LogP contribution in [0.15, 0.2) is 36.5 Å². The van der Waals surface area contributed by atoms with E-state index in [1.807, 2.05) is 31.3 Å². The molecule has 0 radical (unpaired) electrons. The lowest BCUT2D eigenvalue weighted by Crippen LogP contribution is -3.00. The van der Waals surface area contributed by atoms with Gasteiger partial charge < -0.3 is 30.4 Å². The number of aliphatic hydroxyl groups excluding tert-OH is 1. The highest BCUT2D eigenvalue weighted by molar-refractivity contribution is 5.89. The zero-order chi connectivity index (χ0) is 20.8. The zero-order valence-corrected chi connectivity index (χ0v) is 16.3. The monoisotopic (exact) mass is 402 g/mol. The van der Waals surface area contributed by atoms with E-state index in [4.69, 9.17) is 4.74 Å². The molecule has 9 heteroatoms. The van der Waals surface area contributed by atoms with Crippen molar-refractivity contribution < 1.29 is 19.8 Å². The van der Waals surface area contributed by atoms with Crippen LogP contribution in [0.3, 0.4) is 0 Å². The second kappa shape index (κ2) is 9.66. The van der Waals surface area contributed by atoms with Crippen molar-refractivity contribution in [3.63, 3.8) is 0 Å². The van der Waals surface area contributed by atoms with Gasteiger partial charge in [-0.1, -0.05) is 6.07 Å². The quantitative estimate of drug-likeness (QED) is 0.266. The molecule has 156 valence electrons. The minimum atomic E-state index is -0.781. The molecule has 9 nitrogen and oxygen atoms in total. The molecule has 4 N–H and O–H groups in total. The fourth-order valence-electron chi connectivity index (χ4n) is 3.30. The summed E-state index contributed by atoms with van der Waals surface area (Å²) in [5.74, 6) is 0.562. The van der Waals surface area contributed by atoms with Crippen LogP contribution in [0.25, 0.3) is 11.6 Å². The number of quaternary nitrogens is 1. The lowest BCUT2D eigenvalue weighted by Gasteiger charge is -2.18. The molecule has 1 aliphatic rings. The number of fused-ring (bicyclic) bond motifs is 1. The number of aromatic amines is 1. The molecule has 0 saturated carbocycles. The largest absolute Gasteiger partial charge is 0.629 e. The third-order valence-electron chi connectivity index (χ3n) is 4.83. The first kappa shape index (κ1) is 21.0. The molecular formula is C20H26N4O5. The van der Waals surface area contributed by atoms with Crippen molar-refractivity contribution >= 4 is 17.3 Å². The molecule has 0 fully saturated rings. The molecule has 2 aromatic rings. The highest BCUT2D eigenvalue weighted by Gasteiger charge is 2.28. The van der Waals surface area contributed by atoms with E-state index < -0.39 is 6.10 Å². The van der Waals surface area contributed by atoms with Gasteiger partial charge >= 0.3 is 0 Å². The Hall–Kier alpha value is -2.72. The van der Waals surface area contributed by atoms with Gasteiger partial charge in [0.1, 0.15) is 30.7 Å². The summed E-state index contributed by atoms with van der Waals surface area (Å²) >= 11 is 0. The molecule has 2 heterocycles. The average molecular weight is 402 g/mol. The van der Waals surface area contributed by atoms with Crippen LogP contribution >= 0.6 is 0 Å². The Morgan fingerprint density at radius 2 is 2.24 bits per heavy atom. The molecule has 3 rings (SSSR count). The molecule has 1 aromatic heterocycles. The van der Waals surface area contributed by atoms with Crippen LogP contribution in [-0.2, 0) is 0 Å². The van der Waals surface area contributed by atoms with Crippen molar-refractivity contribution in [2.45, 2.75) is 25.5 Å². The van der Waals surface area contributed by atoms with E-state index in [2.05, 4.69) is 10.3 Å². The highest BCUT2D eigenvalue weighted by Crippen LogP contribution is 2.35. The Kier molecular flexibility index (Phi) is 6.99. The molecule has 29 heavy (non-hydrogen) atoms. The van der Waals surface area contributed by atoms with Gasteiger partial charge in [0.2, 0.25) is 6.54 Å². The van der Waals surface area contributed by atoms with E-state index >= 15 is 0 Å². The van der Waals surface area contributed by atoms with Gasteiger partial charge in [0, 0.05) is 47.5 Å². The van der Waals surface area contributed by atoms with Crippen molar-refractivity contribution in [1.82, 2.24) is 10.3 Å². The van der Waals surface area contributed by atoms with Crippen LogP contribution in [-0.4, -0.2) is 53.4 Å². The van der Waals surface area contributed by atoms with Gasteiger partial charge in [-0.2, -0.15) is 0 Å². The van der Waals surface area contributed by atoms with E-state index in [-0.39, 0.29) is 35.7 Å². The molecule has 3 unspecified atom stereocenters. The van der Waals surface area contributed by atoms with Crippen LogP contribution in [0.1, 0.15) is 24.6 Å². The summed E-state index contributed by atoms with van der Waals surface area (Å²) in [4.78, 5) is 13.2. The van der Waals surface area contributed by atoms with E-state index in [1.165, 1.54) is 0 Å². The van der Waals surface area contributed by atoms with Crippen LogP contribution in [0.4, 0.5) is 5.69 Å². The van der Waals surface area contributed by atoms with Crippen LogP contribution in [0.2, 0.25) is 0 Å². The van der Waals surface area contributed by atoms with Crippen molar-refractivity contribution in [2.75, 3.05) is 26.2 Å². The fraction of sp³-hybridized carbons (Fsp3) is 0.400. The summed E-state index contributed by atoms with van der Waals surface area (Å²) in [7, 11) is 0. The molecule has 1 aromatic carbocycles. The number of hydroxylamine groups is 1. The summed E-state index contributed by atoms with van der Waals surface area (Å²) in [6, 6.07) is 9.09. The Bertz CT molecular complexity index is 853. The number of nitrogens with one attached hydrogen (secondary N) is 3. The van der Waals surface area contributed by atoms with Crippen molar-refractivity contribution in [2.24, 2.45) is 0 Å². The van der Waals surface area contributed by atoms with Gasteiger partial charge in [-0.3, -0.25) is 10.1 Å². The SMILES string of the molecule is CC(CC[N+](=O)[O-])NCC(O)COc1cccc2c1C(=Cc1ccc[nH]1)C[NH+]2[O-]. The number of hydrogen-bond donors (Lipinski definition) is 4. The topological polar surface area (TPSA) is 128 Å². The van der Waals surface area contributed by atoms with Gasteiger partial charge in [-0.15, -0.1) is 0 Å². The Morgan fingerprint density at radius 3 is 2.97 bits per heavy atom. The first-order valence-corrected chi connectivity index (χ1v) is 9.60. The number of benzene rings is 1. The first-order valence-electron chi connectivity index (χ1n) is 9.60. The molecular weight excluding hydrogens is 376 g/mol. The lowest BCUT2D eigenvalue weighted by molar-refractivity contribution is -0.762. The van der Waals surface area contributed by atoms with E-state index in [1.54, 1.807) is 18.2 Å². The standard InChI is InChI=1S/C20H26N4O5/c1-14(7-9-24(27)28)22-11-17(25)13-29-19-6-2-5-18-20(19)15(12-23(18)26)10-16-4-3-8-21-16/h2-6,8,10,14,17,21-23,25H,7,9,11-13H2,1H3. The smallest absolute Gasteiger partial charge is 0.205 e. The van der Waals surface area contributed by atoms with E-state index in [0.717, 1.165) is 16.8 Å². The van der Waals surface area contributed by atoms with E-state index in [0.29, 0.717) is 24.4 Å². The van der Waals surface area contributed by atoms with Crippen molar-refractivity contribution in [3.05, 3.63) is 63.1 Å². The Labute approximate surface area is 168 Å². The second-order valence-corrected chi connectivity index (χ2v) is 7.19. The molecule has 0 aliphatic carbocycles. The minimum Gasteiger partial charge on any atom is -0.629 e. The second-order valence-electron chi connectivity index (χ2n) is 7.19. The number of rotatable bonds is 10. The molecule has 0 saturated heterocycles. The summed E-state index contributed by atoms with van der Waals surface area (Å²) in [5.41, 5.74) is 3.18. The number of nitrogens with zero attached hydrogens (tertiary/aromatic N) is 1. The summed E-state index contributed by atoms with van der Waals surface area (Å²) in [6.45, 7) is 2.35. The predicted molar refractivity (Wildman–Crippen MR) is 109 cm³/mol. The number of H-pyrrole nitrogens is 1. The van der Waals surface area contributed by atoms with Gasteiger partial charge in [0.05, 0.1) is 5.56 Å². The van der Waals surface area contributed by atoms with Gasteiger partial charge in [0.25, 0.3) is 0 Å². The number of aliphatic hydroxyl groups is 1. The maximum Gasteiger partial charge on any atom is 0.205 e. The number of ether oxygens (including phenoxy) is 1. The average Bonchev–Trinajstić information content (AvgIpc) is 3.32. The normalized spacial score (nSPS) is 19.1. The molecule has 0 bridgehead atoms. The summed E-state index contributed by atoms with van der Waals surface area (Å²) < 4.78 is 5.84. The first-order chi connectivity index (χ1) is 13.9. The zero-order valence-electron chi connectivity index (χ0n) is 16.3. The van der Waals surface area contributed by atoms with Crippen molar-refractivity contribution in [3.8, 4) is 5.75 Å². The Morgan fingerprint density at radius 1 is 1.41 bits per heavy atom. The van der Waals surface area contributed by atoms with Crippen LogP contribution in [0, 0.1) is 15.3 Å². The Balaban J connectivity index is 1.62. The lowest BCUT2D eigenvalue weighted by atomic mass is 10.1. The molecule has 0 spiro atoms. The van der Waals surface area contributed by atoms with Gasteiger partial charge in [0.15, 0.2) is 0 Å². The number of aromatic nitrogens is 1. The minimum absolute atomic E-state index is 0.0464. The number of nitro groups is 1. The van der Waals surface area contributed by atoms with Gasteiger partial charge in [-0.05, 0) is 31.2 Å². The van der Waals surface area contributed by atoms with Gasteiger partial charge in [-0.25, -0.2) is 0 Å². The van der Waals surface area contributed by atoms with E-state index in [9.17, 15) is 20.4 Å². The van der Waals surface area contributed by atoms with Crippen LogP contribution in [0.5, 0.6) is 5.75 Å². The molecule has 3 atom stereocenters. The highest BCUT2D eigenvalue weighted by atomic mass is 16.6. The van der Waals surface area contributed by atoms with Crippen molar-refractivity contribution in [1.29, 1.82) is 0 Å². The maximum absolute atomic E-state index is 12.4. The third kappa shape index (κ3) is 5.64. The number of hydrogen-bond acceptors (Lipinski definition) is 6. The van der Waals surface area contributed by atoms with Crippen LogP contribution < -0.4 is 15.1 Å². The summed E-state index contributed by atoms with van der Waals surface area (Å²) in [5, 5.41) is 36.1.